The number of carbonyl (C=O) groups is 2. The van der Waals surface area contributed by atoms with Crippen molar-refractivity contribution in [1.82, 2.24) is 10.3 Å². The fourth-order valence-corrected chi connectivity index (χ4v) is 2.06. The van der Waals surface area contributed by atoms with Gasteiger partial charge in [-0.2, -0.15) is 0 Å². The van der Waals surface area contributed by atoms with E-state index in [1.807, 2.05) is 20.8 Å². The monoisotopic (exact) mass is 349 g/mol. The number of amides is 2. The topological polar surface area (TPSA) is 71.1 Å². The van der Waals surface area contributed by atoms with E-state index in [9.17, 15) is 14.0 Å². The molecule has 1 heterocycles. The number of rotatable bonds is 3. The lowest BCUT2D eigenvalue weighted by molar-refractivity contribution is 0.0914. The predicted molar refractivity (Wildman–Crippen MR) is 90.8 cm³/mol. The predicted octanol–water partition coefficient (Wildman–Crippen LogP) is 3.65. The lowest BCUT2D eigenvalue weighted by Gasteiger charge is -2.20. The van der Waals surface area contributed by atoms with Gasteiger partial charge in [0.05, 0.1) is 5.02 Å². The van der Waals surface area contributed by atoms with Crippen molar-refractivity contribution in [3.8, 4) is 0 Å². The summed E-state index contributed by atoms with van der Waals surface area (Å²) in [6, 6.07) is 6.74. The van der Waals surface area contributed by atoms with Crippen molar-refractivity contribution in [3.05, 3.63) is 58.6 Å². The van der Waals surface area contributed by atoms with Crippen LogP contribution in [-0.2, 0) is 0 Å². The minimum absolute atomic E-state index is 0.0900. The van der Waals surface area contributed by atoms with Crippen molar-refractivity contribution >= 4 is 29.1 Å². The molecule has 2 aromatic rings. The minimum atomic E-state index is -0.570. The van der Waals surface area contributed by atoms with E-state index >= 15 is 0 Å². The van der Waals surface area contributed by atoms with Crippen molar-refractivity contribution in [2.45, 2.75) is 26.3 Å². The number of aromatic nitrogens is 1. The standard InChI is InChI=1S/C17H17ClFN3O2/c1-17(2,3)22-16(24)14-8-10(6-7-20-14)15(23)21-11-4-5-13(19)12(18)9-11/h4-9H,1-3H3,(H,21,23)(H,22,24). The summed E-state index contributed by atoms with van der Waals surface area (Å²) in [5.74, 6) is -1.40. The first-order valence-corrected chi connectivity index (χ1v) is 7.58. The molecule has 1 aromatic heterocycles. The Morgan fingerprint density at radius 1 is 1.12 bits per heavy atom. The Morgan fingerprint density at radius 2 is 1.83 bits per heavy atom. The summed E-state index contributed by atoms with van der Waals surface area (Å²) in [6.45, 7) is 5.54. The van der Waals surface area contributed by atoms with Crippen LogP contribution >= 0.6 is 11.6 Å². The van der Waals surface area contributed by atoms with E-state index < -0.39 is 17.3 Å². The van der Waals surface area contributed by atoms with Gasteiger partial charge in [0.2, 0.25) is 0 Å². The zero-order chi connectivity index (χ0) is 17.9. The summed E-state index contributed by atoms with van der Waals surface area (Å²) >= 11 is 5.68. The van der Waals surface area contributed by atoms with Crippen LogP contribution in [0.25, 0.3) is 0 Å². The van der Waals surface area contributed by atoms with Crippen LogP contribution in [0.1, 0.15) is 41.6 Å². The summed E-state index contributed by atoms with van der Waals surface area (Å²) in [5.41, 5.74) is 0.324. The SMILES string of the molecule is CC(C)(C)NC(=O)c1cc(C(=O)Nc2ccc(F)c(Cl)c2)ccn1. The highest BCUT2D eigenvalue weighted by Crippen LogP contribution is 2.20. The lowest BCUT2D eigenvalue weighted by Crippen LogP contribution is -2.41. The molecule has 1 aromatic carbocycles. The molecule has 2 amide bonds. The number of nitrogens with zero attached hydrogens (tertiary/aromatic N) is 1. The quantitative estimate of drug-likeness (QED) is 0.888. The Bertz CT molecular complexity index is 788. The summed E-state index contributed by atoms with van der Waals surface area (Å²) in [5, 5.41) is 5.27. The van der Waals surface area contributed by atoms with Crippen molar-refractivity contribution in [3.63, 3.8) is 0 Å². The molecule has 2 rings (SSSR count). The molecule has 0 saturated carbocycles. The van der Waals surface area contributed by atoms with Crippen LogP contribution in [0, 0.1) is 5.82 Å². The Hall–Kier alpha value is -2.47. The second kappa shape index (κ2) is 6.97. The highest BCUT2D eigenvalue weighted by molar-refractivity contribution is 6.31. The molecule has 5 nitrogen and oxygen atoms in total. The first kappa shape index (κ1) is 17.9. The molecule has 0 radical (unpaired) electrons. The Balaban J connectivity index is 2.16. The van der Waals surface area contributed by atoms with Gasteiger partial charge in [0.1, 0.15) is 11.5 Å². The second-order valence-electron chi connectivity index (χ2n) is 6.22. The van der Waals surface area contributed by atoms with E-state index in [0.717, 1.165) is 6.07 Å². The minimum Gasteiger partial charge on any atom is -0.346 e. The van der Waals surface area contributed by atoms with Crippen LogP contribution in [0.3, 0.4) is 0 Å². The third-order valence-electron chi connectivity index (χ3n) is 2.92. The molecule has 0 aliphatic carbocycles. The van der Waals surface area contributed by atoms with E-state index in [0.29, 0.717) is 5.69 Å². The zero-order valence-electron chi connectivity index (χ0n) is 13.5. The Labute approximate surface area is 144 Å². The van der Waals surface area contributed by atoms with Crippen LogP contribution in [0.5, 0.6) is 0 Å². The maximum atomic E-state index is 13.1. The zero-order valence-corrected chi connectivity index (χ0v) is 14.2. The fraction of sp³-hybridized carbons (Fsp3) is 0.235. The van der Waals surface area contributed by atoms with Gasteiger partial charge in [-0.25, -0.2) is 4.39 Å². The number of halogens is 2. The average Bonchev–Trinajstić information content (AvgIpc) is 2.49. The molecule has 0 atom stereocenters. The molecular weight excluding hydrogens is 333 g/mol. The van der Waals surface area contributed by atoms with E-state index in [4.69, 9.17) is 11.6 Å². The molecule has 126 valence electrons. The normalized spacial score (nSPS) is 11.0. The fourth-order valence-electron chi connectivity index (χ4n) is 1.88. The van der Waals surface area contributed by atoms with Crippen molar-refractivity contribution in [2.75, 3.05) is 5.32 Å². The number of nitrogens with one attached hydrogen (secondary N) is 2. The lowest BCUT2D eigenvalue weighted by atomic mass is 10.1. The van der Waals surface area contributed by atoms with Gasteiger partial charge >= 0.3 is 0 Å². The molecule has 0 aliphatic heterocycles. The number of hydrogen-bond acceptors (Lipinski definition) is 3. The second-order valence-corrected chi connectivity index (χ2v) is 6.62. The van der Waals surface area contributed by atoms with E-state index in [1.165, 1.54) is 30.5 Å². The number of pyridine rings is 1. The van der Waals surface area contributed by atoms with Crippen LogP contribution < -0.4 is 10.6 Å². The van der Waals surface area contributed by atoms with Gasteiger partial charge in [0.25, 0.3) is 11.8 Å². The first-order chi connectivity index (χ1) is 11.2. The number of benzene rings is 1. The summed E-state index contributed by atoms with van der Waals surface area (Å²) in [7, 11) is 0. The summed E-state index contributed by atoms with van der Waals surface area (Å²) < 4.78 is 13.1. The Kier molecular flexibility index (Phi) is 5.19. The maximum Gasteiger partial charge on any atom is 0.270 e. The van der Waals surface area contributed by atoms with Crippen LogP contribution in [-0.4, -0.2) is 22.3 Å². The van der Waals surface area contributed by atoms with Crippen molar-refractivity contribution < 1.29 is 14.0 Å². The molecule has 0 fully saturated rings. The van der Waals surface area contributed by atoms with Gasteiger partial charge in [-0.3, -0.25) is 14.6 Å². The highest BCUT2D eigenvalue weighted by Gasteiger charge is 2.17. The third kappa shape index (κ3) is 4.76. The molecule has 24 heavy (non-hydrogen) atoms. The molecule has 0 bridgehead atoms. The number of hydrogen-bond donors (Lipinski definition) is 2. The third-order valence-corrected chi connectivity index (χ3v) is 3.21. The van der Waals surface area contributed by atoms with Gasteiger partial charge in [0.15, 0.2) is 0 Å². The van der Waals surface area contributed by atoms with Gasteiger partial charge in [-0.15, -0.1) is 0 Å². The highest BCUT2D eigenvalue weighted by atomic mass is 35.5. The van der Waals surface area contributed by atoms with Crippen LogP contribution in [0.2, 0.25) is 5.02 Å². The largest absolute Gasteiger partial charge is 0.346 e. The summed E-state index contributed by atoms with van der Waals surface area (Å²) in [4.78, 5) is 28.3. The van der Waals surface area contributed by atoms with E-state index in [-0.39, 0.29) is 22.2 Å². The van der Waals surface area contributed by atoms with Gasteiger partial charge in [-0.05, 0) is 51.1 Å². The van der Waals surface area contributed by atoms with Crippen LogP contribution in [0.15, 0.2) is 36.5 Å². The molecule has 0 spiro atoms. The molecule has 0 saturated heterocycles. The van der Waals surface area contributed by atoms with Crippen LogP contribution in [0.4, 0.5) is 10.1 Å². The van der Waals surface area contributed by atoms with E-state index in [1.54, 1.807) is 0 Å². The van der Waals surface area contributed by atoms with Crippen molar-refractivity contribution in [2.24, 2.45) is 0 Å². The Morgan fingerprint density at radius 3 is 2.46 bits per heavy atom. The van der Waals surface area contributed by atoms with Gasteiger partial charge in [0, 0.05) is 23.0 Å². The molecule has 2 N–H and O–H groups in total. The number of anilines is 1. The molecule has 7 heteroatoms. The maximum absolute atomic E-state index is 13.1. The molecular formula is C17H17ClFN3O2. The smallest absolute Gasteiger partial charge is 0.270 e. The molecule has 0 unspecified atom stereocenters. The summed E-state index contributed by atoms with van der Waals surface area (Å²) in [6.07, 6.45) is 1.38. The van der Waals surface area contributed by atoms with Crippen molar-refractivity contribution in [1.29, 1.82) is 0 Å². The van der Waals surface area contributed by atoms with E-state index in [2.05, 4.69) is 15.6 Å². The van der Waals surface area contributed by atoms with Gasteiger partial charge in [-0.1, -0.05) is 11.6 Å². The molecule has 0 aliphatic rings. The first-order valence-electron chi connectivity index (χ1n) is 7.21. The average molecular weight is 350 g/mol. The van der Waals surface area contributed by atoms with Gasteiger partial charge < -0.3 is 10.6 Å². The number of carbonyl (C=O) groups excluding carboxylic acids is 2.